The number of nitrogens with zero attached hydrogens (tertiary/aromatic N) is 1. The number of benzene rings is 5. The molecule has 0 atom stereocenters. The first-order chi connectivity index (χ1) is 16.4. The summed E-state index contributed by atoms with van der Waals surface area (Å²) in [6.07, 6.45) is 0. The van der Waals surface area contributed by atoms with Crippen molar-refractivity contribution in [3.63, 3.8) is 0 Å². The summed E-state index contributed by atoms with van der Waals surface area (Å²) in [6, 6.07) is 38.8. The van der Waals surface area contributed by atoms with Crippen molar-refractivity contribution in [2.24, 2.45) is 0 Å². The normalized spacial score (nSPS) is 14.5. The zero-order chi connectivity index (χ0) is 21.3. The van der Waals surface area contributed by atoms with Crippen molar-refractivity contribution in [2.45, 2.75) is 0 Å². The van der Waals surface area contributed by atoms with Gasteiger partial charge in [-0.05, 0) is 56.2 Å². The lowest BCUT2D eigenvalue weighted by Crippen LogP contribution is -2.62. The maximum absolute atomic E-state index is 2.58. The first-order valence-electron chi connectivity index (χ1n) is 11.8. The van der Waals surface area contributed by atoms with Crippen molar-refractivity contribution >= 4 is 63.3 Å². The van der Waals surface area contributed by atoms with Gasteiger partial charge in [0.05, 0.1) is 0 Å². The fourth-order valence-corrected chi connectivity index (χ4v) is 7.19. The molecule has 0 N–H and O–H groups in total. The summed E-state index contributed by atoms with van der Waals surface area (Å²) in [4.78, 5) is 2.58. The molecule has 0 aromatic heterocycles. The van der Waals surface area contributed by atoms with Gasteiger partial charge in [0, 0.05) is 17.1 Å². The predicted octanol–water partition coefficient (Wildman–Crippen LogP) is 2.78. The second kappa shape index (κ2) is 5.50. The van der Waals surface area contributed by atoms with Crippen LogP contribution in [0.3, 0.4) is 0 Å². The quantitative estimate of drug-likeness (QED) is 0.346. The summed E-state index contributed by atoms with van der Waals surface area (Å²) < 4.78 is 0. The number of fused-ring (bicyclic) bond motifs is 10. The number of hydrogen-bond acceptors (Lipinski definition) is 1. The summed E-state index contributed by atoms with van der Waals surface area (Å²) in [7, 11) is 0. The van der Waals surface area contributed by atoms with Crippen LogP contribution in [0.4, 0.5) is 17.1 Å². The Labute approximate surface area is 193 Å². The fourth-order valence-electron chi connectivity index (χ4n) is 7.19. The highest BCUT2D eigenvalue weighted by Gasteiger charge is 2.48. The number of anilines is 3. The van der Waals surface area contributed by atoms with Gasteiger partial charge < -0.3 is 4.90 Å². The van der Waals surface area contributed by atoms with E-state index in [0.717, 1.165) is 0 Å². The molecule has 0 amide bonds. The number of rotatable bonds is 0. The highest BCUT2D eigenvalue weighted by atomic mass is 15.2. The lowest BCUT2D eigenvalue weighted by atomic mass is 9.32. The van der Waals surface area contributed by atoms with E-state index in [9.17, 15) is 0 Å². The Morgan fingerprint density at radius 3 is 1.36 bits per heavy atom. The maximum atomic E-state index is 2.58. The Morgan fingerprint density at radius 1 is 0.394 bits per heavy atom. The standard InChI is InChI=1S/C30H17B2N/c1-3-12-22-18(8-1)20-10-5-16-26-28(20)31(22)24-14-7-15-25-30(24)33(26)27-17-6-11-21-19-9-2-4-13-23(19)32(25)29(21)27/h1-17H. The van der Waals surface area contributed by atoms with E-state index >= 15 is 0 Å². The van der Waals surface area contributed by atoms with Crippen LogP contribution in [-0.4, -0.2) is 13.4 Å². The summed E-state index contributed by atoms with van der Waals surface area (Å²) in [5, 5.41) is 0. The highest BCUT2D eigenvalue weighted by Crippen LogP contribution is 2.43. The van der Waals surface area contributed by atoms with Crippen LogP contribution in [0.25, 0.3) is 22.3 Å². The largest absolute Gasteiger partial charge is 0.312 e. The van der Waals surface area contributed by atoms with Gasteiger partial charge >= 0.3 is 0 Å². The Bertz CT molecular complexity index is 1580. The van der Waals surface area contributed by atoms with Crippen LogP contribution in [0.2, 0.25) is 0 Å². The van der Waals surface area contributed by atoms with Gasteiger partial charge in [0.15, 0.2) is 0 Å². The average Bonchev–Trinajstić information content (AvgIpc) is 3.39. The highest BCUT2D eigenvalue weighted by molar-refractivity contribution is 7.05. The van der Waals surface area contributed by atoms with Crippen molar-refractivity contribution in [1.29, 1.82) is 0 Å². The minimum absolute atomic E-state index is 0.306. The van der Waals surface area contributed by atoms with Gasteiger partial charge in [-0.3, -0.25) is 0 Å². The summed E-state index contributed by atoms with van der Waals surface area (Å²) in [5.41, 5.74) is 18.4. The Hall–Kier alpha value is -3.97. The molecule has 5 aromatic rings. The molecule has 0 aliphatic carbocycles. The van der Waals surface area contributed by atoms with Crippen molar-refractivity contribution in [3.05, 3.63) is 103 Å². The van der Waals surface area contributed by atoms with E-state index in [-0.39, 0.29) is 0 Å². The van der Waals surface area contributed by atoms with E-state index in [4.69, 9.17) is 0 Å². The molecule has 3 heteroatoms. The third-order valence-corrected chi connectivity index (χ3v) is 8.29. The number of hydrogen-bond donors (Lipinski definition) is 0. The first kappa shape index (κ1) is 16.6. The molecule has 148 valence electrons. The molecule has 5 aromatic carbocycles. The SMILES string of the molecule is c1ccc2c(c1)B1c3cccc4c3N(c3cccc-2c31)c1cccc2c1B4c1ccccc1-2. The average molecular weight is 413 g/mol. The third-order valence-electron chi connectivity index (χ3n) is 8.29. The molecule has 4 heterocycles. The summed E-state index contributed by atoms with van der Waals surface area (Å²) >= 11 is 0. The summed E-state index contributed by atoms with van der Waals surface area (Å²) in [5.74, 6) is 0. The Balaban J connectivity index is 1.46. The van der Waals surface area contributed by atoms with Crippen LogP contribution in [-0.2, 0) is 0 Å². The lowest BCUT2D eigenvalue weighted by molar-refractivity contribution is 1.31. The molecule has 0 fully saturated rings. The molecule has 0 saturated carbocycles. The molecule has 0 spiro atoms. The molecule has 0 radical (unpaired) electrons. The van der Waals surface area contributed by atoms with E-state index in [2.05, 4.69) is 108 Å². The molecule has 0 bridgehead atoms. The van der Waals surface area contributed by atoms with E-state index < -0.39 is 0 Å². The number of para-hydroxylation sites is 1. The van der Waals surface area contributed by atoms with Gasteiger partial charge in [-0.2, -0.15) is 0 Å². The van der Waals surface area contributed by atoms with Crippen LogP contribution >= 0.6 is 0 Å². The second-order valence-electron chi connectivity index (χ2n) is 9.64. The Morgan fingerprint density at radius 2 is 0.818 bits per heavy atom. The van der Waals surface area contributed by atoms with Crippen molar-refractivity contribution in [1.82, 2.24) is 0 Å². The molecular formula is C30H17B2N. The molecule has 0 unspecified atom stereocenters. The van der Waals surface area contributed by atoms with Gasteiger partial charge in [0.25, 0.3) is 0 Å². The Kier molecular flexibility index (Phi) is 2.77. The second-order valence-corrected chi connectivity index (χ2v) is 9.64. The molecule has 1 nitrogen and oxygen atoms in total. The van der Waals surface area contributed by atoms with Crippen LogP contribution < -0.4 is 37.7 Å². The van der Waals surface area contributed by atoms with Crippen molar-refractivity contribution < 1.29 is 0 Å². The van der Waals surface area contributed by atoms with Crippen LogP contribution in [0.5, 0.6) is 0 Å². The predicted molar refractivity (Wildman–Crippen MR) is 141 cm³/mol. The van der Waals surface area contributed by atoms with Gasteiger partial charge in [-0.1, -0.05) is 102 Å². The summed E-state index contributed by atoms with van der Waals surface area (Å²) in [6.45, 7) is 0.611. The molecule has 0 saturated heterocycles. The van der Waals surface area contributed by atoms with Crippen LogP contribution in [0.15, 0.2) is 103 Å². The zero-order valence-corrected chi connectivity index (χ0v) is 17.9. The third kappa shape index (κ3) is 1.75. The van der Waals surface area contributed by atoms with Crippen LogP contribution in [0.1, 0.15) is 0 Å². The molecule has 9 rings (SSSR count). The molecule has 4 aliphatic rings. The minimum Gasteiger partial charge on any atom is -0.312 e. The fraction of sp³-hybridized carbons (Fsp3) is 0. The van der Waals surface area contributed by atoms with Crippen molar-refractivity contribution in [3.8, 4) is 22.3 Å². The van der Waals surface area contributed by atoms with E-state index in [1.54, 1.807) is 0 Å². The van der Waals surface area contributed by atoms with Gasteiger partial charge in [0.2, 0.25) is 13.4 Å². The van der Waals surface area contributed by atoms with Gasteiger partial charge in [-0.25, -0.2) is 0 Å². The zero-order valence-electron chi connectivity index (χ0n) is 17.9. The molecule has 33 heavy (non-hydrogen) atoms. The van der Waals surface area contributed by atoms with Gasteiger partial charge in [0.1, 0.15) is 0 Å². The molecule has 4 aliphatic heterocycles. The first-order valence-corrected chi connectivity index (χ1v) is 11.8. The lowest BCUT2D eigenvalue weighted by Gasteiger charge is -2.42. The van der Waals surface area contributed by atoms with Crippen molar-refractivity contribution in [2.75, 3.05) is 4.90 Å². The van der Waals surface area contributed by atoms with Crippen LogP contribution in [0, 0.1) is 0 Å². The smallest absolute Gasteiger partial charge is 0.248 e. The van der Waals surface area contributed by atoms with E-state index in [1.807, 2.05) is 0 Å². The monoisotopic (exact) mass is 413 g/mol. The van der Waals surface area contributed by atoms with Gasteiger partial charge in [-0.15, -0.1) is 0 Å². The minimum atomic E-state index is 0.306. The topological polar surface area (TPSA) is 3.24 Å². The molecular weight excluding hydrogens is 396 g/mol. The maximum Gasteiger partial charge on any atom is 0.248 e. The van der Waals surface area contributed by atoms with E-state index in [1.165, 1.54) is 72.1 Å². The van der Waals surface area contributed by atoms with E-state index in [0.29, 0.717) is 13.4 Å².